The van der Waals surface area contributed by atoms with Gasteiger partial charge in [0.25, 0.3) is 0 Å². The molecule has 2 atom stereocenters. The lowest BCUT2D eigenvalue weighted by atomic mass is 10.0. The molecule has 0 radical (unpaired) electrons. The second-order valence-corrected chi connectivity index (χ2v) is 8.55. The second kappa shape index (κ2) is 9.99. The van der Waals surface area contributed by atoms with Gasteiger partial charge in [-0.2, -0.15) is 0 Å². The third-order valence-corrected chi connectivity index (χ3v) is 5.73. The molecular formula is C20H31N3O3S. The molecule has 1 heterocycles. The van der Waals surface area contributed by atoms with E-state index in [0.29, 0.717) is 24.6 Å². The van der Waals surface area contributed by atoms with Gasteiger partial charge in [-0.15, -0.1) is 11.8 Å². The normalized spacial score (nSPS) is 18.3. The number of hydrogen-bond donors (Lipinski definition) is 1. The van der Waals surface area contributed by atoms with Gasteiger partial charge in [0.1, 0.15) is 17.2 Å². The highest BCUT2D eigenvalue weighted by Crippen LogP contribution is 2.41. The number of likely N-dealkylation sites (N-methyl/N-ethyl adjacent to an activating group) is 1. The molecule has 0 aromatic heterocycles. The molecule has 6 nitrogen and oxygen atoms in total. The molecule has 1 N–H and O–H groups in total. The van der Waals surface area contributed by atoms with Crippen molar-refractivity contribution < 1.29 is 14.3 Å². The van der Waals surface area contributed by atoms with Crippen LogP contribution in [0.15, 0.2) is 24.3 Å². The predicted octanol–water partition coefficient (Wildman–Crippen LogP) is 2.36. The Hall–Kier alpha value is -1.73. The second-order valence-electron chi connectivity index (χ2n) is 7.48. The van der Waals surface area contributed by atoms with Crippen molar-refractivity contribution in [2.24, 2.45) is 5.92 Å². The van der Waals surface area contributed by atoms with Gasteiger partial charge in [0.2, 0.25) is 11.8 Å². The van der Waals surface area contributed by atoms with E-state index in [0.717, 1.165) is 17.9 Å². The number of thioether (sulfide) groups is 1. The average Bonchev–Trinajstić information content (AvgIpc) is 3.00. The van der Waals surface area contributed by atoms with Crippen LogP contribution in [0.3, 0.4) is 0 Å². The Morgan fingerprint density at radius 3 is 2.56 bits per heavy atom. The minimum Gasteiger partial charge on any atom is -0.497 e. The van der Waals surface area contributed by atoms with Gasteiger partial charge in [0.05, 0.1) is 12.9 Å². The summed E-state index contributed by atoms with van der Waals surface area (Å²) in [7, 11) is 5.57. The summed E-state index contributed by atoms with van der Waals surface area (Å²) in [5.41, 5.74) is 1.02. The van der Waals surface area contributed by atoms with Gasteiger partial charge < -0.3 is 19.9 Å². The van der Waals surface area contributed by atoms with Crippen LogP contribution in [0.25, 0.3) is 0 Å². The van der Waals surface area contributed by atoms with Gasteiger partial charge in [0.15, 0.2) is 0 Å². The summed E-state index contributed by atoms with van der Waals surface area (Å²) in [5.74, 6) is 1.44. The zero-order valence-electron chi connectivity index (χ0n) is 16.9. The number of amides is 2. The Labute approximate surface area is 166 Å². The van der Waals surface area contributed by atoms with Gasteiger partial charge in [-0.05, 0) is 44.1 Å². The number of rotatable bonds is 9. The number of nitrogens with zero attached hydrogens (tertiary/aromatic N) is 2. The number of carbonyl (C=O) groups is 2. The van der Waals surface area contributed by atoms with Crippen LogP contribution in [0.4, 0.5) is 0 Å². The highest BCUT2D eigenvalue weighted by atomic mass is 32.2. The van der Waals surface area contributed by atoms with Crippen molar-refractivity contribution >= 4 is 23.6 Å². The van der Waals surface area contributed by atoms with E-state index in [-0.39, 0.29) is 17.2 Å². The third-order valence-electron chi connectivity index (χ3n) is 4.50. The number of hydrogen-bond acceptors (Lipinski definition) is 5. The smallest absolute Gasteiger partial charge is 0.242 e. The van der Waals surface area contributed by atoms with E-state index in [9.17, 15) is 9.59 Å². The summed E-state index contributed by atoms with van der Waals surface area (Å²) in [6, 6.07) is 7.27. The van der Waals surface area contributed by atoms with Crippen LogP contribution in [0, 0.1) is 5.92 Å². The Bertz CT molecular complexity index is 634. The molecule has 1 aromatic rings. The van der Waals surface area contributed by atoms with Crippen molar-refractivity contribution in [3.63, 3.8) is 0 Å². The molecule has 2 rings (SSSR count). The topological polar surface area (TPSA) is 61.9 Å². The van der Waals surface area contributed by atoms with E-state index in [4.69, 9.17) is 4.74 Å². The quantitative estimate of drug-likeness (QED) is 0.698. The fourth-order valence-electron chi connectivity index (χ4n) is 3.11. The molecule has 1 aromatic carbocycles. The summed E-state index contributed by atoms with van der Waals surface area (Å²) >= 11 is 1.57. The summed E-state index contributed by atoms with van der Waals surface area (Å²) < 4.78 is 5.23. The Morgan fingerprint density at radius 1 is 1.33 bits per heavy atom. The third kappa shape index (κ3) is 5.87. The maximum absolute atomic E-state index is 12.9. The Kier molecular flexibility index (Phi) is 7.98. The predicted molar refractivity (Wildman–Crippen MR) is 110 cm³/mol. The van der Waals surface area contributed by atoms with Crippen LogP contribution < -0.4 is 10.1 Å². The van der Waals surface area contributed by atoms with Crippen molar-refractivity contribution in [3.05, 3.63) is 29.8 Å². The number of ether oxygens (including phenoxy) is 1. The molecule has 1 aliphatic heterocycles. The molecule has 0 unspecified atom stereocenters. The SMILES string of the molecule is COc1ccc([C@@H]2SCC(=O)N2[C@H](CC(C)C)C(=O)NCCN(C)C)cc1. The van der Waals surface area contributed by atoms with Crippen molar-refractivity contribution in [2.45, 2.75) is 31.7 Å². The lowest BCUT2D eigenvalue weighted by Crippen LogP contribution is -2.50. The first-order valence-electron chi connectivity index (χ1n) is 9.32. The van der Waals surface area contributed by atoms with Crippen molar-refractivity contribution in [2.75, 3.05) is 40.0 Å². The van der Waals surface area contributed by atoms with Gasteiger partial charge >= 0.3 is 0 Å². The molecule has 1 aliphatic rings. The van der Waals surface area contributed by atoms with Crippen molar-refractivity contribution in [1.29, 1.82) is 0 Å². The summed E-state index contributed by atoms with van der Waals surface area (Å²) in [6.07, 6.45) is 0.646. The lowest BCUT2D eigenvalue weighted by Gasteiger charge is -2.33. The van der Waals surface area contributed by atoms with Crippen LogP contribution in [0.1, 0.15) is 31.2 Å². The maximum Gasteiger partial charge on any atom is 0.242 e. The molecule has 150 valence electrons. The molecule has 1 fully saturated rings. The van der Waals surface area contributed by atoms with Gasteiger partial charge in [-0.1, -0.05) is 26.0 Å². The van der Waals surface area contributed by atoms with Crippen LogP contribution in [-0.4, -0.2) is 67.7 Å². The highest BCUT2D eigenvalue weighted by molar-refractivity contribution is 8.00. The largest absolute Gasteiger partial charge is 0.497 e. The van der Waals surface area contributed by atoms with Gasteiger partial charge in [-0.3, -0.25) is 9.59 Å². The van der Waals surface area contributed by atoms with E-state index in [1.165, 1.54) is 0 Å². The van der Waals surface area contributed by atoms with Crippen LogP contribution in [0.2, 0.25) is 0 Å². The van der Waals surface area contributed by atoms with E-state index in [1.807, 2.05) is 43.3 Å². The molecule has 0 spiro atoms. The van der Waals surface area contributed by atoms with Crippen LogP contribution >= 0.6 is 11.8 Å². The summed E-state index contributed by atoms with van der Waals surface area (Å²) in [5, 5.41) is 2.86. The molecule has 0 bridgehead atoms. The lowest BCUT2D eigenvalue weighted by molar-refractivity contribution is -0.139. The molecule has 27 heavy (non-hydrogen) atoms. The summed E-state index contributed by atoms with van der Waals surface area (Å²) in [4.78, 5) is 29.4. The Morgan fingerprint density at radius 2 is 2.00 bits per heavy atom. The zero-order chi connectivity index (χ0) is 20.0. The van der Waals surface area contributed by atoms with E-state index in [1.54, 1.807) is 23.8 Å². The minimum atomic E-state index is -0.457. The van der Waals surface area contributed by atoms with Gasteiger partial charge in [0, 0.05) is 13.1 Å². The minimum absolute atomic E-state index is 0.0224. The van der Waals surface area contributed by atoms with E-state index < -0.39 is 6.04 Å². The molecule has 0 aliphatic carbocycles. The number of methoxy groups -OCH3 is 1. The molecule has 2 amide bonds. The first-order chi connectivity index (χ1) is 12.8. The molecule has 1 saturated heterocycles. The number of nitrogens with one attached hydrogen (secondary N) is 1. The number of carbonyl (C=O) groups excluding carboxylic acids is 2. The molecule has 7 heteroatoms. The average molecular weight is 394 g/mol. The molecular weight excluding hydrogens is 362 g/mol. The van der Waals surface area contributed by atoms with Gasteiger partial charge in [-0.25, -0.2) is 0 Å². The fraction of sp³-hybridized carbons (Fsp3) is 0.600. The number of benzene rings is 1. The monoisotopic (exact) mass is 393 g/mol. The van der Waals surface area contributed by atoms with Crippen molar-refractivity contribution in [1.82, 2.24) is 15.1 Å². The Balaban J connectivity index is 2.21. The zero-order valence-corrected chi connectivity index (χ0v) is 17.7. The molecule has 0 saturated carbocycles. The highest BCUT2D eigenvalue weighted by Gasteiger charge is 2.40. The standard InChI is InChI=1S/C20H31N3O3S/c1-14(2)12-17(19(25)21-10-11-22(3)4)23-18(24)13-27-20(23)15-6-8-16(26-5)9-7-15/h6-9,14,17,20H,10-13H2,1-5H3,(H,21,25)/t17-,20+/m1/s1. The van der Waals surface area contributed by atoms with Crippen LogP contribution in [-0.2, 0) is 9.59 Å². The first kappa shape index (κ1) is 21.6. The van der Waals surface area contributed by atoms with Crippen LogP contribution in [0.5, 0.6) is 5.75 Å². The maximum atomic E-state index is 12.9. The van der Waals surface area contributed by atoms with E-state index in [2.05, 4.69) is 19.2 Å². The van der Waals surface area contributed by atoms with E-state index >= 15 is 0 Å². The fourth-order valence-corrected chi connectivity index (χ4v) is 4.34. The summed E-state index contributed by atoms with van der Waals surface area (Å²) in [6.45, 7) is 5.50. The van der Waals surface area contributed by atoms with Crippen molar-refractivity contribution in [3.8, 4) is 5.75 Å². The first-order valence-corrected chi connectivity index (χ1v) is 10.4.